The molecule has 0 aliphatic heterocycles. The first-order chi connectivity index (χ1) is 15.0. The Bertz CT molecular complexity index is 1190. The SMILES string of the molecule is CCn1ncc(Cn2cc(NC(=O)c3ccn(COc4ccccc4C)n3)cn2)c1C. The second-order valence-corrected chi connectivity index (χ2v) is 7.23. The molecule has 0 spiro atoms. The Labute approximate surface area is 180 Å². The van der Waals surface area contributed by atoms with Gasteiger partial charge in [0.2, 0.25) is 0 Å². The summed E-state index contributed by atoms with van der Waals surface area (Å²) in [7, 11) is 0. The highest BCUT2D eigenvalue weighted by Crippen LogP contribution is 2.17. The zero-order chi connectivity index (χ0) is 21.8. The fourth-order valence-electron chi connectivity index (χ4n) is 3.25. The standard InChI is InChI=1S/C22H25N7O2/c1-4-29-17(3)18(11-24-29)13-28-14-19(12-23-28)25-22(30)20-9-10-27(26-20)15-31-21-8-6-5-7-16(21)2/h5-12,14H,4,13,15H2,1-3H3,(H,25,30). The normalized spacial score (nSPS) is 10.9. The van der Waals surface area contributed by atoms with Crippen molar-refractivity contribution in [3.63, 3.8) is 0 Å². The minimum absolute atomic E-state index is 0.223. The van der Waals surface area contributed by atoms with Crippen LogP contribution in [0.15, 0.2) is 55.1 Å². The lowest BCUT2D eigenvalue weighted by atomic mass is 10.2. The molecule has 0 bridgehead atoms. The monoisotopic (exact) mass is 419 g/mol. The number of nitrogens with one attached hydrogen (secondary N) is 1. The average molecular weight is 419 g/mol. The molecule has 1 aromatic carbocycles. The van der Waals surface area contributed by atoms with Crippen LogP contribution in [-0.4, -0.2) is 35.2 Å². The molecule has 0 unspecified atom stereocenters. The van der Waals surface area contributed by atoms with Crippen LogP contribution in [0.1, 0.15) is 34.2 Å². The third-order valence-electron chi connectivity index (χ3n) is 5.05. The van der Waals surface area contributed by atoms with Gasteiger partial charge in [0, 0.05) is 30.2 Å². The summed E-state index contributed by atoms with van der Waals surface area (Å²) in [6, 6.07) is 9.42. The first-order valence-corrected chi connectivity index (χ1v) is 10.1. The lowest BCUT2D eigenvalue weighted by Gasteiger charge is -2.08. The number of benzene rings is 1. The molecule has 31 heavy (non-hydrogen) atoms. The van der Waals surface area contributed by atoms with Gasteiger partial charge in [-0.15, -0.1) is 0 Å². The van der Waals surface area contributed by atoms with Gasteiger partial charge in [0.1, 0.15) is 5.75 Å². The molecule has 0 saturated heterocycles. The average Bonchev–Trinajstić information content (AvgIpc) is 3.49. The molecule has 0 saturated carbocycles. The van der Waals surface area contributed by atoms with E-state index in [4.69, 9.17) is 4.74 Å². The Hall–Kier alpha value is -3.88. The number of carbonyl (C=O) groups excluding carboxylic acids is 1. The molecule has 1 N–H and O–H groups in total. The summed E-state index contributed by atoms with van der Waals surface area (Å²) in [4.78, 5) is 12.5. The van der Waals surface area contributed by atoms with Gasteiger partial charge in [0.15, 0.2) is 12.4 Å². The molecule has 4 rings (SSSR count). The van der Waals surface area contributed by atoms with E-state index in [1.807, 2.05) is 49.0 Å². The Kier molecular flexibility index (Phi) is 5.83. The van der Waals surface area contributed by atoms with Crippen molar-refractivity contribution in [2.24, 2.45) is 0 Å². The minimum Gasteiger partial charge on any atom is -0.471 e. The number of anilines is 1. The number of para-hydroxylation sites is 1. The van der Waals surface area contributed by atoms with Crippen LogP contribution in [-0.2, 0) is 19.8 Å². The highest BCUT2D eigenvalue weighted by molar-refractivity contribution is 6.02. The van der Waals surface area contributed by atoms with E-state index in [1.165, 1.54) is 0 Å². The van der Waals surface area contributed by atoms with Crippen LogP contribution in [0, 0.1) is 13.8 Å². The summed E-state index contributed by atoms with van der Waals surface area (Å²) in [6.07, 6.45) is 6.98. The van der Waals surface area contributed by atoms with E-state index in [0.29, 0.717) is 17.9 Å². The van der Waals surface area contributed by atoms with Crippen LogP contribution < -0.4 is 10.1 Å². The van der Waals surface area contributed by atoms with Crippen molar-refractivity contribution in [1.82, 2.24) is 29.3 Å². The Balaban J connectivity index is 1.34. The van der Waals surface area contributed by atoms with Crippen LogP contribution in [0.3, 0.4) is 0 Å². The summed E-state index contributed by atoms with van der Waals surface area (Å²) in [6.45, 7) is 7.72. The quantitative estimate of drug-likeness (QED) is 0.473. The van der Waals surface area contributed by atoms with E-state index in [0.717, 1.165) is 29.1 Å². The number of hydrogen-bond donors (Lipinski definition) is 1. The highest BCUT2D eigenvalue weighted by atomic mass is 16.5. The zero-order valence-corrected chi connectivity index (χ0v) is 17.8. The molecule has 0 aliphatic carbocycles. The van der Waals surface area contributed by atoms with E-state index in [-0.39, 0.29) is 12.6 Å². The minimum atomic E-state index is -0.302. The Morgan fingerprint density at radius 3 is 2.71 bits per heavy atom. The molecule has 0 fully saturated rings. The number of rotatable bonds is 8. The van der Waals surface area contributed by atoms with Gasteiger partial charge in [-0.3, -0.25) is 14.2 Å². The first kappa shape index (κ1) is 20.4. The van der Waals surface area contributed by atoms with E-state index in [2.05, 4.69) is 27.5 Å². The number of carbonyl (C=O) groups is 1. The molecule has 3 aromatic heterocycles. The molecule has 9 heteroatoms. The number of hydrogen-bond acceptors (Lipinski definition) is 5. The molecular weight excluding hydrogens is 394 g/mol. The van der Waals surface area contributed by atoms with E-state index in [1.54, 1.807) is 34.0 Å². The lowest BCUT2D eigenvalue weighted by Crippen LogP contribution is -2.14. The van der Waals surface area contributed by atoms with Gasteiger partial charge in [-0.25, -0.2) is 4.68 Å². The zero-order valence-electron chi connectivity index (χ0n) is 17.8. The number of ether oxygens (including phenoxy) is 1. The van der Waals surface area contributed by atoms with Gasteiger partial charge in [-0.1, -0.05) is 18.2 Å². The molecule has 1 amide bonds. The van der Waals surface area contributed by atoms with Gasteiger partial charge in [-0.05, 0) is 38.5 Å². The van der Waals surface area contributed by atoms with E-state index >= 15 is 0 Å². The summed E-state index contributed by atoms with van der Waals surface area (Å²) in [5.74, 6) is 0.486. The third kappa shape index (κ3) is 4.66. The molecule has 0 aliphatic rings. The maximum Gasteiger partial charge on any atom is 0.276 e. The maximum absolute atomic E-state index is 12.5. The first-order valence-electron chi connectivity index (χ1n) is 10.1. The van der Waals surface area contributed by atoms with Crippen LogP contribution in [0.2, 0.25) is 0 Å². The summed E-state index contributed by atoms with van der Waals surface area (Å²) < 4.78 is 11.1. The van der Waals surface area contributed by atoms with Crippen LogP contribution in [0.4, 0.5) is 5.69 Å². The lowest BCUT2D eigenvalue weighted by molar-refractivity contribution is 0.102. The summed E-state index contributed by atoms with van der Waals surface area (Å²) in [5, 5.41) is 15.8. The van der Waals surface area contributed by atoms with Crippen molar-refractivity contribution in [2.45, 2.75) is 40.6 Å². The van der Waals surface area contributed by atoms with Crippen LogP contribution >= 0.6 is 0 Å². The number of nitrogens with zero attached hydrogens (tertiary/aromatic N) is 6. The van der Waals surface area contributed by atoms with Gasteiger partial charge in [0.05, 0.1) is 24.6 Å². The van der Waals surface area contributed by atoms with E-state index < -0.39 is 0 Å². The molecule has 3 heterocycles. The second kappa shape index (κ2) is 8.86. The van der Waals surface area contributed by atoms with Gasteiger partial charge in [-0.2, -0.15) is 15.3 Å². The number of aromatic nitrogens is 6. The Morgan fingerprint density at radius 1 is 1.10 bits per heavy atom. The maximum atomic E-state index is 12.5. The third-order valence-corrected chi connectivity index (χ3v) is 5.05. The van der Waals surface area contributed by atoms with Crippen molar-refractivity contribution in [2.75, 3.05) is 5.32 Å². The number of aryl methyl sites for hydroxylation is 2. The predicted molar refractivity (Wildman–Crippen MR) is 116 cm³/mol. The van der Waals surface area contributed by atoms with Crippen molar-refractivity contribution in [3.8, 4) is 5.75 Å². The highest BCUT2D eigenvalue weighted by Gasteiger charge is 2.12. The summed E-state index contributed by atoms with van der Waals surface area (Å²) in [5.41, 5.74) is 4.16. The summed E-state index contributed by atoms with van der Waals surface area (Å²) >= 11 is 0. The van der Waals surface area contributed by atoms with Crippen molar-refractivity contribution in [1.29, 1.82) is 0 Å². The van der Waals surface area contributed by atoms with Crippen LogP contribution in [0.25, 0.3) is 0 Å². The molecule has 4 aromatic rings. The van der Waals surface area contributed by atoms with Crippen molar-refractivity contribution in [3.05, 3.63) is 77.6 Å². The fraction of sp³-hybridized carbons (Fsp3) is 0.273. The van der Waals surface area contributed by atoms with Gasteiger partial charge >= 0.3 is 0 Å². The topological polar surface area (TPSA) is 91.8 Å². The smallest absolute Gasteiger partial charge is 0.276 e. The largest absolute Gasteiger partial charge is 0.471 e. The predicted octanol–water partition coefficient (Wildman–Crippen LogP) is 3.25. The molecular formula is C22H25N7O2. The number of amides is 1. The Morgan fingerprint density at radius 2 is 1.94 bits per heavy atom. The van der Waals surface area contributed by atoms with Crippen molar-refractivity contribution >= 4 is 11.6 Å². The van der Waals surface area contributed by atoms with Crippen LogP contribution in [0.5, 0.6) is 5.75 Å². The molecule has 0 atom stereocenters. The fourth-order valence-corrected chi connectivity index (χ4v) is 3.25. The van der Waals surface area contributed by atoms with Gasteiger partial charge in [0.25, 0.3) is 5.91 Å². The molecule has 9 nitrogen and oxygen atoms in total. The molecule has 0 radical (unpaired) electrons. The van der Waals surface area contributed by atoms with E-state index in [9.17, 15) is 4.79 Å². The molecule has 160 valence electrons. The second-order valence-electron chi connectivity index (χ2n) is 7.23. The van der Waals surface area contributed by atoms with Crippen molar-refractivity contribution < 1.29 is 9.53 Å². The van der Waals surface area contributed by atoms with Gasteiger partial charge < -0.3 is 10.1 Å².